The molecule has 0 fully saturated rings. The molecule has 2 rings (SSSR count). The number of carbonyl (C=O) groups is 1. The Morgan fingerprint density at radius 3 is 2.74 bits per heavy atom. The van der Waals surface area contributed by atoms with Gasteiger partial charge in [0.15, 0.2) is 0 Å². The van der Waals surface area contributed by atoms with E-state index in [0.717, 1.165) is 11.3 Å². The Morgan fingerprint density at radius 1 is 1.39 bits per heavy atom. The second-order valence-electron chi connectivity index (χ2n) is 5.56. The number of benzene rings is 1. The number of aromatic nitrogens is 3. The molecule has 0 radical (unpaired) electrons. The Morgan fingerprint density at radius 2 is 2.13 bits per heavy atom. The maximum atomic E-state index is 13.6. The van der Waals surface area contributed by atoms with Gasteiger partial charge in [-0.3, -0.25) is 5.10 Å². The van der Waals surface area contributed by atoms with Gasteiger partial charge in [0, 0.05) is 32.4 Å². The largest absolute Gasteiger partial charge is 0.377 e. The molecule has 8 heteroatoms. The van der Waals surface area contributed by atoms with Crippen molar-refractivity contribution in [2.45, 2.75) is 19.5 Å². The molecule has 0 aliphatic heterocycles. The Balaban J connectivity index is 2.07. The molecule has 1 aromatic heterocycles. The minimum Gasteiger partial charge on any atom is -0.377 e. The summed E-state index contributed by atoms with van der Waals surface area (Å²) in [7, 11) is 5.41. The van der Waals surface area contributed by atoms with Gasteiger partial charge in [0.25, 0.3) is 0 Å². The Kier molecular flexibility index (Phi) is 5.15. The van der Waals surface area contributed by atoms with E-state index in [1.54, 1.807) is 13.1 Å². The summed E-state index contributed by atoms with van der Waals surface area (Å²) in [6.07, 6.45) is 1.39. The number of nitrogens with zero attached hydrogens (tertiary/aromatic N) is 4. The van der Waals surface area contributed by atoms with Crippen molar-refractivity contribution in [3.8, 4) is 0 Å². The summed E-state index contributed by atoms with van der Waals surface area (Å²) in [5.74, 6) is 0.261. The highest BCUT2D eigenvalue weighted by Crippen LogP contribution is 2.26. The van der Waals surface area contributed by atoms with Gasteiger partial charge in [0.05, 0.1) is 12.6 Å². The van der Waals surface area contributed by atoms with E-state index < -0.39 is 0 Å². The van der Waals surface area contributed by atoms with Crippen LogP contribution in [0, 0.1) is 5.82 Å². The predicted molar refractivity (Wildman–Crippen MR) is 85.5 cm³/mol. The van der Waals surface area contributed by atoms with Crippen LogP contribution in [0.4, 0.5) is 14.9 Å². The molecule has 2 N–H and O–H groups in total. The normalized spacial score (nSPS) is 11.9. The number of aromatic amines is 1. The van der Waals surface area contributed by atoms with Gasteiger partial charge in [0.1, 0.15) is 18.0 Å². The van der Waals surface area contributed by atoms with E-state index in [2.05, 4.69) is 20.5 Å². The van der Waals surface area contributed by atoms with E-state index in [-0.39, 0.29) is 17.9 Å². The highest BCUT2D eigenvalue weighted by Gasteiger charge is 2.18. The molecule has 0 aliphatic rings. The number of rotatable bonds is 5. The molecule has 1 unspecified atom stereocenters. The lowest BCUT2D eigenvalue weighted by Gasteiger charge is -2.24. The molecular formula is C15H21FN6O. The van der Waals surface area contributed by atoms with Crippen LogP contribution in [0.25, 0.3) is 0 Å². The summed E-state index contributed by atoms with van der Waals surface area (Å²) < 4.78 is 13.6. The molecule has 1 atom stereocenters. The smallest absolute Gasteiger partial charge is 0.318 e. The maximum Gasteiger partial charge on any atom is 0.318 e. The van der Waals surface area contributed by atoms with Gasteiger partial charge in [-0.15, -0.1) is 0 Å². The fourth-order valence-electron chi connectivity index (χ4n) is 2.26. The lowest BCUT2D eigenvalue weighted by molar-refractivity contribution is 0.202. The van der Waals surface area contributed by atoms with Gasteiger partial charge in [0.2, 0.25) is 0 Å². The van der Waals surface area contributed by atoms with Crippen LogP contribution in [-0.4, -0.2) is 47.3 Å². The monoisotopic (exact) mass is 320 g/mol. The summed E-state index contributed by atoms with van der Waals surface area (Å²) in [5.41, 5.74) is 1.58. The third kappa shape index (κ3) is 4.18. The van der Waals surface area contributed by atoms with Crippen molar-refractivity contribution in [2.75, 3.05) is 26.0 Å². The van der Waals surface area contributed by atoms with E-state index in [4.69, 9.17) is 0 Å². The van der Waals surface area contributed by atoms with Crippen LogP contribution < -0.4 is 10.2 Å². The van der Waals surface area contributed by atoms with Crippen LogP contribution in [0.1, 0.15) is 24.4 Å². The van der Waals surface area contributed by atoms with Gasteiger partial charge in [-0.2, -0.15) is 5.10 Å². The summed E-state index contributed by atoms with van der Waals surface area (Å²) in [4.78, 5) is 19.6. The lowest BCUT2D eigenvalue weighted by Crippen LogP contribution is -2.38. The molecule has 0 saturated carbocycles. The van der Waals surface area contributed by atoms with Crippen LogP contribution in [0.2, 0.25) is 0 Å². The zero-order chi connectivity index (χ0) is 17.0. The number of nitrogens with one attached hydrogen (secondary N) is 2. The van der Waals surface area contributed by atoms with Crippen molar-refractivity contribution < 1.29 is 9.18 Å². The Bertz CT molecular complexity index is 658. The van der Waals surface area contributed by atoms with Crippen LogP contribution in [-0.2, 0) is 6.54 Å². The number of halogens is 1. The quantitative estimate of drug-likeness (QED) is 0.882. The van der Waals surface area contributed by atoms with Crippen LogP contribution in [0.3, 0.4) is 0 Å². The zero-order valence-electron chi connectivity index (χ0n) is 13.7. The number of amides is 2. The van der Waals surface area contributed by atoms with Crippen LogP contribution in [0.15, 0.2) is 24.5 Å². The first-order chi connectivity index (χ1) is 10.9. The van der Waals surface area contributed by atoms with Gasteiger partial charge in [-0.1, -0.05) is 0 Å². The van der Waals surface area contributed by atoms with Gasteiger partial charge in [-0.25, -0.2) is 14.2 Å². The maximum absolute atomic E-state index is 13.6. The molecule has 1 aromatic carbocycles. The molecule has 1 heterocycles. The van der Waals surface area contributed by atoms with Crippen molar-refractivity contribution in [3.05, 3.63) is 41.7 Å². The SMILES string of the molecule is CC(NC(=O)N(C)Cc1ncn[nH]1)c1cc(F)ccc1N(C)C. The number of hydrogen-bond donors (Lipinski definition) is 2. The first-order valence-corrected chi connectivity index (χ1v) is 7.21. The Hall–Kier alpha value is -2.64. The number of urea groups is 1. The molecule has 7 nitrogen and oxygen atoms in total. The highest BCUT2D eigenvalue weighted by molar-refractivity contribution is 5.74. The van der Waals surface area contributed by atoms with Crippen LogP contribution in [0.5, 0.6) is 0 Å². The zero-order valence-corrected chi connectivity index (χ0v) is 13.7. The second-order valence-corrected chi connectivity index (χ2v) is 5.56. The molecular weight excluding hydrogens is 299 g/mol. The van der Waals surface area contributed by atoms with E-state index >= 15 is 0 Å². The van der Waals surface area contributed by atoms with Gasteiger partial charge in [-0.05, 0) is 25.1 Å². The third-order valence-electron chi connectivity index (χ3n) is 3.48. The number of anilines is 1. The molecule has 2 aromatic rings. The first kappa shape index (κ1) is 16.7. The fourth-order valence-corrected chi connectivity index (χ4v) is 2.26. The first-order valence-electron chi connectivity index (χ1n) is 7.21. The topological polar surface area (TPSA) is 77.1 Å². The minimum atomic E-state index is -0.340. The summed E-state index contributed by atoms with van der Waals surface area (Å²) in [6.45, 7) is 2.13. The van der Waals surface area contributed by atoms with Crippen molar-refractivity contribution in [3.63, 3.8) is 0 Å². The van der Waals surface area contributed by atoms with E-state index in [9.17, 15) is 9.18 Å². The summed E-state index contributed by atoms with van der Waals surface area (Å²) >= 11 is 0. The standard InChI is InChI=1S/C15H21FN6O/c1-10(12-7-11(16)5-6-13(12)21(2)3)19-15(23)22(4)8-14-17-9-18-20-14/h5-7,9-10H,8H2,1-4H3,(H,19,23)(H,17,18,20). The number of hydrogen-bond acceptors (Lipinski definition) is 4. The molecule has 0 bridgehead atoms. The van der Waals surface area contributed by atoms with Crippen molar-refractivity contribution in [1.29, 1.82) is 0 Å². The van der Waals surface area contributed by atoms with Crippen molar-refractivity contribution in [2.24, 2.45) is 0 Å². The highest BCUT2D eigenvalue weighted by atomic mass is 19.1. The summed E-state index contributed by atoms with van der Waals surface area (Å²) in [5, 5.41) is 9.30. The van der Waals surface area contributed by atoms with Crippen molar-refractivity contribution >= 4 is 11.7 Å². The molecule has 0 aliphatic carbocycles. The van der Waals surface area contributed by atoms with Gasteiger partial charge < -0.3 is 15.1 Å². The van der Waals surface area contributed by atoms with E-state index in [1.807, 2.05) is 25.9 Å². The summed E-state index contributed by atoms with van der Waals surface area (Å²) in [6, 6.07) is 3.93. The predicted octanol–water partition coefficient (Wildman–Crippen LogP) is 1.91. The molecule has 2 amide bonds. The minimum absolute atomic E-state index is 0.275. The lowest BCUT2D eigenvalue weighted by atomic mass is 10.1. The number of carbonyl (C=O) groups excluding carboxylic acids is 1. The fraction of sp³-hybridized carbons (Fsp3) is 0.400. The second kappa shape index (κ2) is 7.08. The van der Waals surface area contributed by atoms with Crippen molar-refractivity contribution in [1.82, 2.24) is 25.4 Å². The van der Waals surface area contributed by atoms with E-state index in [0.29, 0.717) is 12.4 Å². The number of H-pyrrole nitrogens is 1. The molecule has 23 heavy (non-hydrogen) atoms. The molecule has 0 spiro atoms. The van der Waals surface area contributed by atoms with Crippen LogP contribution >= 0.6 is 0 Å². The molecule has 0 saturated heterocycles. The van der Waals surface area contributed by atoms with E-state index in [1.165, 1.54) is 23.4 Å². The average molecular weight is 320 g/mol. The Labute approximate surface area is 134 Å². The van der Waals surface area contributed by atoms with Gasteiger partial charge >= 0.3 is 6.03 Å². The molecule has 124 valence electrons. The third-order valence-corrected chi connectivity index (χ3v) is 3.48. The average Bonchev–Trinajstić information content (AvgIpc) is 2.99.